The van der Waals surface area contributed by atoms with Gasteiger partial charge in [-0.15, -0.1) is 0 Å². The van der Waals surface area contributed by atoms with Gasteiger partial charge in [0.05, 0.1) is 5.69 Å². The fraction of sp³-hybridized carbons (Fsp3) is 0.375. The van der Waals surface area contributed by atoms with Crippen LogP contribution >= 0.6 is 0 Å². The van der Waals surface area contributed by atoms with Gasteiger partial charge < -0.3 is 10.1 Å². The number of aromatic nitrogens is 2. The molecular weight excluding hydrogens is 264 g/mol. The Labute approximate surface area is 125 Å². The van der Waals surface area contributed by atoms with Gasteiger partial charge >= 0.3 is 0 Å². The molecule has 5 heteroatoms. The van der Waals surface area contributed by atoms with E-state index in [1.165, 1.54) is 11.3 Å². The maximum Gasteiger partial charge on any atom is 0.174 e. The fourth-order valence-corrected chi connectivity index (χ4v) is 2.27. The molecule has 0 amide bonds. The van der Waals surface area contributed by atoms with Crippen molar-refractivity contribution in [1.82, 2.24) is 15.1 Å². The van der Waals surface area contributed by atoms with E-state index < -0.39 is 0 Å². The fourth-order valence-electron chi connectivity index (χ4n) is 2.27. The van der Waals surface area contributed by atoms with Crippen molar-refractivity contribution in [2.24, 2.45) is 7.05 Å². The summed E-state index contributed by atoms with van der Waals surface area (Å²) in [5.41, 5.74) is 4.62. The highest BCUT2D eigenvalue weighted by atomic mass is 16.5. The summed E-state index contributed by atoms with van der Waals surface area (Å²) in [5.74, 6) is 0.726. The molecule has 110 valence electrons. The molecule has 0 spiro atoms. The predicted octanol–water partition coefficient (Wildman–Crippen LogP) is 2.23. The first-order chi connectivity index (χ1) is 10.1. The van der Waals surface area contributed by atoms with E-state index in [4.69, 9.17) is 10.00 Å². The maximum absolute atomic E-state index is 8.52. The smallest absolute Gasteiger partial charge is 0.174 e. The Kier molecular flexibility index (Phi) is 4.96. The molecule has 0 bridgehead atoms. The highest BCUT2D eigenvalue weighted by Gasteiger charge is 2.08. The molecule has 5 nitrogen and oxygen atoms in total. The summed E-state index contributed by atoms with van der Waals surface area (Å²) in [4.78, 5) is 0. The van der Waals surface area contributed by atoms with Gasteiger partial charge in [0.15, 0.2) is 6.61 Å². The van der Waals surface area contributed by atoms with Crippen LogP contribution in [0.2, 0.25) is 0 Å². The summed E-state index contributed by atoms with van der Waals surface area (Å²) in [7, 11) is 1.96. The highest BCUT2D eigenvalue weighted by Crippen LogP contribution is 2.14. The third-order valence-corrected chi connectivity index (χ3v) is 3.49. The molecule has 0 saturated carbocycles. The molecule has 0 saturated heterocycles. The second-order valence-corrected chi connectivity index (χ2v) is 4.97. The number of hydrogen-bond acceptors (Lipinski definition) is 4. The van der Waals surface area contributed by atoms with Gasteiger partial charge in [0.2, 0.25) is 0 Å². The Hall–Kier alpha value is -2.32. The quantitative estimate of drug-likeness (QED) is 0.883. The maximum atomic E-state index is 8.52. The van der Waals surface area contributed by atoms with Gasteiger partial charge in [0.1, 0.15) is 11.8 Å². The highest BCUT2D eigenvalue weighted by molar-refractivity contribution is 5.29. The van der Waals surface area contributed by atoms with Gasteiger partial charge in [-0.3, -0.25) is 4.68 Å². The summed E-state index contributed by atoms with van der Waals surface area (Å²) < 4.78 is 7.21. The minimum Gasteiger partial charge on any atom is -0.479 e. The minimum absolute atomic E-state index is 0.0744. The molecule has 2 aromatic rings. The van der Waals surface area contributed by atoms with Crippen molar-refractivity contribution in [2.75, 3.05) is 6.61 Å². The molecule has 0 fully saturated rings. The monoisotopic (exact) mass is 284 g/mol. The van der Waals surface area contributed by atoms with Crippen LogP contribution in [0.3, 0.4) is 0 Å². The molecule has 1 aromatic heterocycles. The molecule has 1 aromatic carbocycles. The number of nitriles is 1. The van der Waals surface area contributed by atoms with Crippen LogP contribution in [-0.2, 0) is 20.1 Å². The van der Waals surface area contributed by atoms with Crippen molar-refractivity contribution < 1.29 is 4.74 Å². The normalized spacial score (nSPS) is 10.4. The van der Waals surface area contributed by atoms with Gasteiger partial charge in [0, 0.05) is 31.4 Å². The molecule has 0 radical (unpaired) electrons. The van der Waals surface area contributed by atoms with Crippen LogP contribution in [0.25, 0.3) is 0 Å². The molecule has 0 unspecified atom stereocenters. The standard InChI is InChI=1S/C16H20N4O/c1-12-16(13(2)20(3)19-12)11-18-10-14-5-4-6-15(9-14)21-8-7-17/h4-6,9,18H,8,10-11H2,1-3H3. The lowest BCUT2D eigenvalue weighted by Crippen LogP contribution is -2.14. The second-order valence-electron chi connectivity index (χ2n) is 4.97. The second kappa shape index (κ2) is 6.91. The lowest BCUT2D eigenvalue weighted by Gasteiger charge is -2.08. The lowest BCUT2D eigenvalue weighted by molar-refractivity contribution is 0.367. The Morgan fingerprint density at radius 3 is 2.81 bits per heavy atom. The molecule has 2 rings (SSSR count). The molecular formula is C16H20N4O. The molecule has 1 heterocycles. The van der Waals surface area contributed by atoms with E-state index in [1.54, 1.807) is 0 Å². The predicted molar refractivity (Wildman–Crippen MR) is 80.8 cm³/mol. The first-order valence-corrected chi connectivity index (χ1v) is 6.90. The topological polar surface area (TPSA) is 62.9 Å². The van der Waals surface area contributed by atoms with Crippen molar-refractivity contribution in [1.29, 1.82) is 5.26 Å². The zero-order chi connectivity index (χ0) is 15.2. The number of ether oxygens (including phenoxy) is 1. The SMILES string of the molecule is Cc1nn(C)c(C)c1CNCc1cccc(OCC#N)c1. The summed E-state index contributed by atoms with van der Waals surface area (Å²) in [6.07, 6.45) is 0. The largest absolute Gasteiger partial charge is 0.479 e. The summed E-state index contributed by atoms with van der Waals surface area (Å²) in [5, 5.41) is 16.4. The molecule has 0 aliphatic carbocycles. The van der Waals surface area contributed by atoms with E-state index >= 15 is 0 Å². The van der Waals surface area contributed by atoms with Crippen LogP contribution < -0.4 is 10.1 Å². The Morgan fingerprint density at radius 2 is 2.14 bits per heavy atom. The molecule has 21 heavy (non-hydrogen) atoms. The number of rotatable bonds is 6. The molecule has 0 atom stereocenters. The number of aryl methyl sites for hydroxylation is 2. The molecule has 1 N–H and O–H groups in total. The van der Waals surface area contributed by atoms with E-state index in [2.05, 4.69) is 17.3 Å². The van der Waals surface area contributed by atoms with Crippen LogP contribution in [-0.4, -0.2) is 16.4 Å². The zero-order valence-corrected chi connectivity index (χ0v) is 12.7. The summed E-state index contributed by atoms with van der Waals surface area (Å²) in [6, 6.07) is 9.75. The Bertz CT molecular complexity index is 655. The van der Waals surface area contributed by atoms with Crippen LogP contribution in [0.5, 0.6) is 5.75 Å². The third-order valence-electron chi connectivity index (χ3n) is 3.49. The van der Waals surface area contributed by atoms with E-state index in [1.807, 2.05) is 49.0 Å². The van der Waals surface area contributed by atoms with E-state index in [0.29, 0.717) is 0 Å². The first kappa shape index (κ1) is 15.1. The summed E-state index contributed by atoms with van der Waals surface area (Å²) >= 11 is 0. The van der Waals surface area contributed by atoms with Crippen molar-refractivity contribution in [3.63, 3.8) is 0 Å². The lowest BCUT2D eigenvalue weighted by atomic mass is 10.2. The van der Waals surface area contributed by atoms with Crippen LogP contribution in [0.4, 0.5) is 0 Å². The van der Waals surface area contributed by atoms with Gasteiger partial charge in [0.25, 0.3) is 0 Å². The number of nitrogens with one attached hydrogen (secondary N) is 1. The van der Waals surface area contributed by atoms with Crippen molar-refractivity contribution in [3.05, 3.63) is 46.8 Å². The zero-order valence-electron chi connectivity index (χ0n) is 12.7. The van der Waals surface area contributed by atoms with Gasteiger partial charge in [-0.2, -0.15) is 10.4 Å². The number of hydrogen-bond donors (Lipinski definition) is 1. The van der Waals surface area contributed by atoms with Crippen LogP contribution in [0.15, 0.2) is 24.3 Å². The van der Waals surface area contributed by atoms with Crippen molar-refractivity contribution in [3.8, 4) is 11.8 Å². The molecule has 0 aliphatic rings. The minimum atomic E-state index is 0.0744. The average Bonchev–Trinajstić information content (AvgIpc) is 2.72. The average molecular weight is 284 g/mol. The van der Waals surface area contributed by atoms with Crippen LogP contribution in [0.1, 0.15) is 22.5 Å². The summed E-state index contributed by atoms with van der Waals surface area (Å²) in [6.45, 7) is 5.71. The van der Waals surface area contributed by atoms with E-state index in [9.17, 15) is 0 Å². The third kappa shape index (κ3) is 3.83. The van der Waals surface area contributed by atoms with Crippen molar-refractivity contribution >= 4 is 0 Å². The Balaban J connectivity index is 1.93. The van der Waals surface area contributed by atoms with Crippen molar-refractivity contribution in [2.45, 2.75) is 26.9 Å². The van der Waals surface area contributed by atoms with Gasteiger partial charge in [-0.1, -0.05) is 12.1 Å². The van der Waals surface area contributed by atoms with Gasteiger partial charge in [-0.05, 0) is 31.5 Å². The van der Waals surface area contributed by atoms with E-state index in [0.717, 1.165) is 30.1 Å². The van der Waals surface area contributed by atoms with E-state index in [-0.39, 0.29) is 6.61 Å². The molecule has 0 aliphatic heterocycles. The van der Waals surface area contributed by atoms with Crippen LogP contribution in [0, 0.1) is 25.2 Å². The number of benzene rings is 1. The number of nitrogens with zero attached hydrogens (tertiary/aromatic N) is 3. The first-order valence-electron chi connectivity index (χ1n) is 6.90. The van der Waals surface area contributed by atoms with Gasteiger partial charge in [-0.25, -0.2) is 0 Å². The Morgan fingerprint density at radius 1 is 1.33 bits per heavy atom.